The van der Waals surface area contributed by atoms with Crippen LogP contribution in [0.15, 0.2) is 41.6 Å². The summed E-state index contributed by atoms with van der Waals surface area (Å²) in [4.78, 5) is 11.9. The number of aryl methyl sites for hydroxylation is 1. The second kappa shape index (κ2) is 7.93. The van der Waals surface area contributed by atoms with Crippen LogP contribution in [0, 0.1) is 6.92 Å². The molecule has 0 radical (unpaired) electrons. The van der Waals surface area contributed by atoms with Gasteiger partial charge >= 0.3 is 0 Å². The molecule has 0 aliphatic rings. The van der Waals surface area contributed by atoms with Crippen molar-refractivity contribution >= 4 is 15.9 Å². The molecule has 1 amide bonds. The number of carbonyl (C=O) groups is 1. The van der Waals surface area contributed by atoms with Gasteiger partial charge in [-0.25, -0.2) is 13.1 Å². The molecule has 1 aromatic carbocycles. The number of sulfonamides is 1. The molecule has 0 saturated heterocycles. The third kappa shape index (κ3) is 5.07. The Labute approximate surface area is 140 Å². The molecule has 0 unspecified atom stereocenters. The van der Waals surface area contributed by atoms with E-state index in [0.717, 1.165) is 5.56 Å². The highest BCUT2D eigenvalue weighted by atomic mass is 32.2. The zero-order chi connectivity index (χ0) is 17.6. The molecule has 0 atom stereocenters. The molecule has 0 saturated carbocycles. The van der Waals surface area contributed by atoms with E-state index in [9.17, 15) is 13.2 Å². The van der Waals surface area contributed by atoms with Gasteiger partial charge in [-0.2, -0.15) is 5.10 Å². The fourth-order valence-corrected chi connectivity index (χ4v) is 3.01. The number of amides is 1. The molecule has 130 valence electrons. The average Bonchev–Trinajstić information content (AvgIpc) is 2.96. The third-order valence-corrected chi connectivity index (χ3v) is 4.65. The molecule has 0 fully saturated rings. The molecule has 24 heavy (non-hydrogen) atoms. The van der Waals surface area contributed by atoms with E-state index in [-0.39, 0.29) is 30.4 Å². The minimum absolute atomic E-state index is 0.0955. The van der Waals surface area contributed by atoms with E-state index < -0.39 is 10.0 Å². The summed E-state index contributed by atoms with van der Waals surface area (Å²) in [5.41, 5.74) is 0.968. The quantitative estimate of drug-likeness (QED) is 0.665. The number of carbonyl (C=O) groups excluding carboxylic acids is 1. The summed E-state index contributed by atoms with van der Waals surface area (Å²) in [6, 6.07) is 6.06. The van der Waals surface area contributed by atoms with Gasteiger partial charge in [0.1, 0.15) is 12.3 Å². The molecule has 0 aliphatic heterocycles. The first kappa shape index (κ1) is 18.0. The van der Waals surface area contributed by atoms with Crippen molar-refractivity contribution in [3.63, 3.8) is 0 Å². The van der Waals surface area contributed by atoms with Crippen molar-refractivity contribution in [2.24, 2.45) is 0 Å². The van der Waals surface area contributed by atoms with E-state index in [2.05, 4.69) is 15.1 Å². The normalized spacial score (nSPS) is 11.2. The van der Waals surface area contributed by atoms with Crippen LogP contribution < -0.4 is 14.8 Å². The SMILES string of the molecule is COc1ccc(S(=O)(=O)NCCNC(=O)Cn2cc(C)cn2)cc1. The van der Waals surface area contributed by atoms with Crippen LogP contribution in [0.5, 0.6) is 5.75 Å². The molecule has 0 aliphatic carbocycles. The predicted molar refractivity (Wildman–Crippen MR) is 88.2 cm³/mol. The van der Waals surface area contributed by atoms with E-state index in [1.165, 1.54) is 23.9 Å². The number of hydrogen-bond donors (Lipinski definition) is 2. The highest BCUT2D eigenvalue weighted by Crippen LogP contribution is 2.14. The summed E-state index contributed by atoms with van der Waals surface area (Å²) in [5, 5.41) is 6.65. The van der Waals surface area contributed by atoms with Gasteiger partial charge in [-0.15, -0.1) is 0 Å². The minimum atomic E-state index is -3.61. The monoisotopic (exact) mass is 352 g/mol. The molecular weight excluding hydrogens is 332 g/mol. The molecule has 1 aromatic heterocycles. The summed E-state index contributed by atoms with van der Waals surface area (Å²) in [6.45, 7) is 2.27. The predicted octanol–water partition coefficient (Wildman–Crippen LogP) is 0.295. The largest absolute Gasteiger partial charge is 0.497 e. The fourth-order valence-electron chi connectivity index (χ4n) is 1.98. The van der Waals surface area contributed by atoms with E-state index in [1.807, 2.05) is 6.92 Å². The van der Waals surface area contributed by atoms with Crippen molar-refractivity contribution in [1.82, 2.24) is 19.8 Å². The Kier molecular flexibility index (Phi) is 5.93. The Bertz CT molecular complexity index is 784. The van der Waals surface area contributed by atoms with E-state index >= 15 is 0 Å². The smallest absolute Gasteiger partial charge is 0.241 e. The van der Waals surface area contributed by atoms with Crippen LogP contribution in [0.2, 0.25) is 0 Å². The van der Waals surface area contributed by atoms with Gasteiger partial charge in [-0.05, 0) is 36.8 Å². The van der Waals surface area contributed by atoms with Crippen molar-refractivity contribution in [3.05, 3.63) is 42.2 Å². The summed E-state index contributed by atoms with van der Waals surface area (Å²) in [6.07, 6.45) is 3.42. The zero-order valence-electron chi connectivity index (χ0n) is 13.5. The summed E-state index contributed by atoms with van der Waals surface area (Å²) < 4.78 is 33.1. The zero-order valence-corrected chi connectivity index (χ0v) is 14.3. The van der Waals surface area contributed by atoms with E-state index in [4.69, 9.17) is 4.74 Å². The van der Waals surface area contributed by atoms with Crippen molar-refractivity contribution in [2.75, 3.05) is 20.2 Å². The lowest BCUT2D eigenvalue weighted by molar-refractivity contribution is -0.121. The second-order valence-corrected chi connectivity index (χ2v) is 6.91. The molecular formula is C15H20N4O4S. The highest BCUT2D eigenvalue weighted by molar-refractivity contribution is 7.89. The lowest BCUT2D eigenvalue weighted by atomic mass is 10.3. The Morgan fingerprint density at radius 1 is 1.25 bits per heavy atom. The lowest BCUT2D eigenvalue weighted by Gasteiger charge is -2.09. The molecule has 9 heteroatoms. The number of aromatic nitrogens is 2. The molecule has 8 nitrogen and oxygen atoms in total. The van der Waals surface area contributed by atoms with Gasteiger partial charge in [-0.1, -0.05) is 0 Å². The van der Waals surface area contributed by atoms with Crippen molar-refractivity contribution in [1.29, 1.82) is 0 Å². The Morgan fingerprint density at radius 3 is 2.54 bits per heavy atom. The maximum Gasteiger partial charge on any atom is 0.241 e. The van der Waals surface area contributed by atoms with Crippen LogP contribution in [0.4, 0.5) is 0 Å². The number of benzene rings is 1. The number of rotatable bonds is 8. The summed E-state index contributed by atoms with van der Waals surface area (Å²) in [7, 11) is -2.10. The van der Waals surface area contributed by atoms with Crippen LogP contribution >= 0.6 is 0 Å². The fraction of sp³-hybridized carbons (Fsp3) is 0.333. The Balaban J connectivity index is 1.77. The van der Waals surface area contributed by atoms with Crippen LogP contribution in [-0.4, -0.2) is 44.3 Å². The first-order valence-electron chi connectivity index (χ1n) is 7.30. The Hall–Kier alpha value is -2.39. The van der Waals surface area contributed by atoms with Crippen LogP contribution in [-0.2, 0) is 21.4 Å². The first-order chi connectivity index (χ1) is 11.4. The first-order valence-corrected chi connectivity index (χ1v) is 8.78. The van der Waals surface area contributed by atoms with Gasteiger partial charge in [0, 0.05) is 19.3 Å². The third-order valence-electron chi connectivity index (χ3n) is 3.18. The maximum absolute atomic E-state index is 12.1. The maximum atomic E-state index is 12.1. The molecule has 0 bridgehead atoms. The van der Waals surface area contributed by atoms with Crippen molar-refractivity contribution in [3.8, 4) is 5.75 Å². The minimum Gasteiger partial charge on any atom is -0.497 e. The van der Waals surface area contributed by atoms with Crippen molar-refractivity contribution < 1.29 is 17.9 Å². The molecule has 2 rings (SSSR count). The van der Waals surface area contributed by atoms with E-state index in [0.29, 0.717) is 5.75 Å². The number of methoxy groups -OCH3 is 1. The molecule has 2 aromatic rings. The summed E-state index contributed by atoms with van der Waals surface area (Å²) >= 11 is 0. The van der Waals surface area contributed by atoms with Gasteiger partial charge in [0.25, 0.3) is 0 Å². The molecule has 0 spiro atoms. The topological polar surface area (TPSA) is 102 Å². The highest BCUT2D eigenvalue weighted by Gasteiger charge is 2.13. The van der Waals surface area contributed by atoms with Gasteiger partial charge < -0.3 is 10.1 Å². The van der Waals surface area contributed by atoms with Gasteiger partial charge in [0.15, 0.2) is 0 Å². The standard InChI is InChI=1S/C15H20N4O4S/c1-12-9-17-19(10-12)11-15(20)16-7-8-18-24(21,22)14-5-3-13(23-2)4-6-14/h3-6,9-10,18H,7-8,11H2,1-2H3,(H,16,20). The van der Waals surface area contributed by atoms with Gasteiger partial charge in [-0.3, -0.25) is 9.48 Å². The van der Waals surface area contributed by atoms with E-state index in [1.54, 1.807) is 24.5 Å². The van der Waals surface area contributed by atoms with Crippen LogP contribution in [0.1, 0.15) is 5.56 Å². The van der Waals surface area contributed by atoms with Crippen LogP contribution in [0.25, 0.3) is 0 Å². The van der Waals surface area contributed by atoms with Crippen molar-refractivity contribution in [2.45, 2.75) is 18.4 Å². The van der Waals surface area contributed by atoms with Gasteiger partial charge in [0.2, 0.25) is 15.9 Å². The average molecular weight is 352 g/mol. The number of ether oxygens (including phenoxy) is 1. The van der Waals surface area contributed by atoms with Gasteiger partial charge in [0.05, 0.1) is 18.2 Å². The number of nitrogens with one attached hydrogen (secondary N) is 2. The van der Waals surface area contributed by atoms with Crippen LogP contribution in [0.3, 0.4) is 0 Å². The molecule has 2 N–H and O–H groups in total. The number of hydrogen-bond acceptors (Lipinski definition) is 5. The Morgan fingerprint density at radius 2 is 1.96 bits per heavy atom. The second-order valence-electron chi connectivity index (χ2n) is 5.14. The summed E-state index contributed by atoms with van der Waals surface area (Å²) in [5.74, 6) is 0.344. The number of nitrogens with zero attached hydrogens (tertiary/aromatic N) is 2. The lowest BCUT2D eigenvalue weighted by Crippen LogP contribution is -2.36. The molecule has 1 heterocycles.